The first-order valence-electron chi connectivity index (χ1n) is 10.1. The summed E-state index contributed by atoms with van der Waals surface area (Å²) in [6, 6.07) is 9.03. The molecule has 172 valence electrons. The Morgan fingerprint density at radius 1 is 1.25 bits per heavy atom. The third-order valence-corrected chi connectivity index (χ3v) is 5.67. The number of nitrogens with one attached hydrogen (secondary N) is 2. The van der Waals surface area contributed by atoms with Crippen LogP contribution in [0.1, 0.15) is 16.8 Å². The lowest BCUT2D eigenvalue weighted by Crippen LogP contribution is -2.55. The number of anilines is 2. The molecule has 10 heteroatoms. The molecule has 0 radical (unpaired) electrons. The van der Waals surface area contributed by atoms with Crippen LogP contribution in [0.25, 0.3) is 0 Å². The molecule has 9 nitrogen and oxygen atoms in total. The zero-order valence-corrected chi connectivity index (χ0v) is 18.7. The molecule has 1 heterocycles. The molecule has 0 unspecified atom stereocenters. The maximum absolute atomic E-state index is 12.9. The van der Waals surface area contributed by atoms with Crippen LogP contribution in [0.3, 0.4) is 0 Å². The van der Waals surface area contributed by atoms with Crippen molar-refractivity contribution < 1.29 is 24.2 Å². The van der Waals surface area contributed by atoms with Gasteiger partial charge in [0.15, 0.2) is 0 Å². The Bertz CT molecular complexity index is 970. The van der Waals surface area contributed by atoms with Crippen LogP contribution in [-0.2, 0) is 9.53 Å². The second-order valence-corrected chi connectivity index (χ2v) is 7.95. The highest BCUT2D eigenvalue weighted by Crippen LogP contribution is 2.29. The lowest BCUT2D eigenvalue weighted by Gasteiger charge is -2.37. The molecule has 0 aliphatic carbocycles. The molecule has 1 fully saturated rings. The van der Waals surface area contributed by atoms with E-state index in [1.807, 2.05) is 4.90 Å². The number of nitrogen functional groups attached to an aromatic ring is 1. The van der Waals surface area contributed by atoms with Crippen LogP contribution in [0.2, 0.25) is 5.02 Å². The zero-order chi connectivity index (χ0) is 23.3. The summed E-state index contributed by atoms with van der Waals surface area (Å²) in [4.78, 5) is 27.2. The van der Waals surface area contributed by atoms with Crippen molar-refractivity contribution in [2.24, 2.45) is 0 Å². The normalized spacial score (nSPS) is 18.7. The van der Waals surface area contributed by atoms with Crippen molar-refractivity contribution in [2.75, 3.05) is 44.9 Å². The number of phenolic OH excluding ortho intramolecular Hbond substituents is 1. The van der Waals surface area contributed by atoms with Gasteiger partial charge in [-0.15, -0.1) is 0 Å². The number of phenols is 1. The highest BCUT2D eigenvalue weighted by atomic mass is 35.5. The molecule has 0 bridgehead atoms. The molecule has 2 atom stereocenters. The van der Waals surface area contributed by atoms with Crippen LogP contribution in [-0.4, -0.2) is 67.8 Å². The van der Waals surface area contributed by atoms with E-state index in [4.69, 9.17) is 26.8 Å². The van der Waals surface area contributed by atoms with Gasteiger partial charge in [-0.3, -0.25) is 14.5 Å². The van der Waals surface area contributed by atoms with Gasteiger partial charge in [-0.1, -0.05) is 11.6 Å². The molecular formula is C22H27ClN4O5. The number of ether oxygens (including phenoxy) is 2. The van der Waals surface area contributed by atoms with Gasteiger partial charge in [0.05, 0.1) is 42.1 Å². The fourth-order valence-corrected chi connectivity index (χ4v) is 3.80. The number of hydrogen-bond acceptors (Lipinski definition) is 7. The lowest BCUT2D eigenvalue weighted by molar-refractivity contribution is -0.118. The molecule has 0 saturated carbocycles. The van der Waals surface area contributed by atoms with E-state index in [1.54, 1.807) is 19.2 Å². The minimum atomic E-state index is -0.339. The van der Waals surface area contributed by atoms with E-state index in [0.29, 0.717) is 36.6 Å². The number of nitrogens with zero attached hydrogens (tertiary/aromatic N) is 1. The number of amides is 2. The quantitative estimate of drug-likeness (QED) is 0.366. The largest absolute Gasteiger partial charge is 0.508 e. The number of aromatic hydroxyl groups is 1. The number of carbonyl (C=O) groups is 2. The van der Waals surface area contributed by atoms with E-state index in [-0.39, 0.29) is 46.8 Å². The molecule has 5 N–H and O–H groups in total. The molecule has 1 saturated heterocycles. The average Bonchev–Trinajstić information content (AvgIpc) is 2.77. The summed E-state index contributed by atoms with van der Waals surface area (Å²) in [6.45, 7) is 1.26. The summed E-state index contributed by atoms with van der Waals surface area (Å²) < 4.78 is 10.9. The van der Waals surface area contributed by atoms with E-state index in [1.165, 1.54) is 31.4 Å². The van der Waals surface area contributed by atoms with E-state index in [9.17, 15) is 14.7 Å². The summed E-state index contributed by atoms with van der Waals surface area (Å²) in [5.41, 5.74) is 7.01. The molecule has 2 aromatic rings. The summed E-state index contributed by atoms with van der Waals surface area (Å²) in [5.74, 6) is -0.0424. The first-order valence-corrected chi connectivity index (χ1v) is 10.5. The predicted octanol–water partition coefficient (Wildman–Crippen LogP) is 2.09. The topological polar surface area (TPSA) is 126 Å². The number of hydrogen-bond donors (Lipinski definition) is 4. The van der Waals surface area contributed by atoms with Gasteiger partial charge in [0, 0.05) is 32.0 Å². The van der Waals surface area contributed by atoms with Gasteiger partial charge in [0.1, 0.15) is 11.5 Å². The Hall–Kier alpha value is -3.01. The first-order chi connectivity index (χ1) is 15.3. The summed E-state index contributed by atoms with van der Waals surface area (Å²) in [7, 11) is 3.03. The van der Waals surface area contributed by atoms with Crippen LogP contribution in [0, 0.1) is 0 Å². The van der Waals surface area contributed by atoms with Crippen molar-refractivity contribution in [3.63, 3.8) is 0 Å². The number of piperidine rings is 1. The number of nitrogens with two attached hydrogens (primary N) is 1. The molecule has 2 aromatic carbocycles. The summed E-state index contributed by atoms with van der Waals surface area (Å²) >= 11 is 6.08. The fourth-order valence-electron chi connectivity index (χ4n) is 3.64. The average molecular weight is 463 g/mol. The minimum absolute atomic E-state index is 0.133. The van der Waals surface area contributed by atoms with Gasteiger partial charge in [-0.05, 0) is 36.8 Å². The Labute approximate surface area is 191 Å². The minimum Gasteiger partial charge on any atom is -0.508 e. The standard InChI is InChI=1S/C22H27ClN4O5/c1-31-19-10-17(24)16(23)9-15(19)22(30)26-18-7-8-27(11-20(18)32-2)12-21(29)25-13-3-5-14(28)6-4-13/h3-6,9-10,18,20,28H,7-8,11-12,24H2,1-2H3,(H,25,29)(H,26,30)/t18-,20-/m1/s1. The second kappa shape index (κ2) is 10.5. The van der Waals surface area contributed by atoms with Crippen LogP contribution >= 0.6 is 11.6 Å². The summed E-state index contributed by atoms with van der Waals surface area (Å²) in [5, 5.41) is 15.4. The fraction of sp³-hybridized carbons (Fsp3) is 0.364. The highest BCUT2D eigenvalue weighted by Gasteiger charge is 2.32. The van der Waals surface area contributed by atoms with Crippen molar-refractivity contribution in [3.8, 4) is 11.5 Å². The predicted molar refractivity (Wildman–Crippen MR) is 122 cm³/mol. The number of methoxy groups -OCH3 is 2. The van der Waals surface area contributed by atoms with Gasteiger partial charge < -0.3 is 30.9 Å². The van der Waals surface area contributed by atoms with Gasteiger partial charge in [-0.2, -0.15) is 0 Å². The summed E-state index contributed by atoms with van der Waals surface area (Å²) in [6.07, 6.45) is 0.298. The molecule has 0 spiro atoms. The van der Waals surface area contributed by atoms with Crippen LogP contribution in [0.15, 0.2) is 36.4 Å². The third-order valence-electron chi connectivity index (χ3n) is 5.34. The first kappa shape index (κ1) is 23.6. The molecule has 3 rings (SSSR count). The van der Waals surface area contributed by atoms with Crippen molar-refractivity contribution in [3.05, 3.63) is 47.0 Å². The van der Waals surface area contributed by atoms with Crippen molar-refractivity contribution in [1.29, 1.82) is 0 Å². The molecular weight excluding hydrogens is 436 g/mol. The molecule has 0 aromatic heterocycles. The van der Waals surface area contributed by atoms with Crippen LogP contribution in [0.4, 0.5) is 11.4 Å². The van der Waals surface area contributed by atoms with Gasteiger partial charge in [0.25, 0.3) is 5.91 Å². The Morgan fingerprint density at radius 3 is 2.62 bits per heavy atom. The van der Waals surface area contributed by atoms with Crippen molar-refractivity contribution in [1.82, 2.24) is 10.2 Å². The van der Waals surface area contributed by atoms with Crippen LogP contribution < -0.4 is 21.1 Å². The maximum Gasteiger partial charge on any atom is 0.255 e. The van der Waals surface area contributed by atoms with Crippen molar-refractivity contribution >= 4 is 34.8 Å². The van der Waals surface area contributed by atoms with Gasteiger partial charge >= 0.3 is 0 Å². The molecule has 32 heavy (non-hydrogen) atoms. The van der Waals surface area contributed by atoms with E-state index in [0.717, 1.165) is 0 Å². The maximum atomic E-state index is 12.9. The smallest absolute Gasteiger partial charge is 0.255 e. The Morgan fingerprint density at radius 2 is 1.97 bits per heavy atom. The van der Waals surface area contributed by atoms with Crippen molar-refractivity contribution in [2.45, 2.75) is 18.6 Å². The van der Waals surface area contributed by atoms with Crippen LogP contribution in [0.5, 0.6) is 11.5 Å². The van der Waals surface area contributed by atoms with E-state index < -0.39 is 0 Å². The SMILES string of the molecule is COc1cc(N)c(Cl)cc1C(=O)N[C@@H]1CCN(CC(=O)Nc2ccc(O)cc2)C[C@H]1OC. The zero-order valence-electron chi connectivity index (χ0n) is 17.9. The number of benzene rings is 2. The third kappa shape index (κ3) is 5.82. The molecule has 1 aliphatic heterocycles. The number of halogens is 1. The highest BCUT2D eigenvalue weighted by molar-refractivity contribution is 6.33. The van der Waals surface area contributed by atoms with E-state index >= 15 is 0 Å². The van der Waals surface area contributed by atoms with E-state index in [2.05, 4.69) is 10.6 Å². The number of likely N-dealkylation sites (tertiary alicyclic amines) is 1. The Balaban J connectivity index is 1.58. The number of rotatable bonds is 7. The molecule has 1 aliphatic rings. The lowest BCUT2D eigenvalue weighted by atomic mass is 10.0. The molecule has 2 amide bonds. The van der Waals surface area contributed by atoms with Gasteiger partial charge in [0.2, 0.25) is 5.91 Å². The van der Waals surface area contributed by atoms with Gasteiger partial charge in [-0.25, -0.2) is 0 Å². The number of carbonyl (C=O) groups excluding carboxylic acids is 2. The second-order valence-electron chi connectivity index (χ2n) is 7.55. The monoisotopic (exact) mass is 462 g/mol. The Kier molecular flexibility index (Phi) is 7.79.